The van der Waals surface area contributed by atoms with E-state index in [1.54, 1.807) is 4.90 Å². The Morgan fingerprint density at radius 2 is 1.80 bits per heavy atom. The van der Waals surface area contributed by atoms with Gasteiger partial charge in [0.2, 0.25) is 0 Å². The van der Waals surface area contributed by atoms with Gasteiger partial charge in [0.25, 0.3) is 0 Å². The summed E-state index contributed by atoms with van der Waals surface area (Å²) in [7, 11) is 1.36. The minimum atomic E-state index is -0.636. The van der Waals surface area contributed by atoms with Gasteiger partial charge in [0.05, 0.1) is 13.2 Å². The molecule has 0 bridgehead atoms. The summed E-state index contributed by atoms with van der Waals surface area (Å²) in [5, 5.41) is 5.37. The van der Waals surface area contributed by atoms with Crippen LogP contribution in [0.4, 0.5) is 4.79 Å². The third kappa shape index (κ3) is 5.48. The SMILES string of the molecule is COC(=O)N1CCC(CNC(=O)C(=O)N[C@@H](C)c2ccccc2)CC1. The molecular weight excluding hydrogens is 322 g/mol. The predicted molar refractivity (Wildman–Crippen MR) is 92.7 cm³/mol. The number of benzene rings is 1. The smallest absolute Gasteiger partial charge is 0.409 e. The number of carbonyl (C=O) groups is 3. The average molecular weight is 347 g/mol. The highest BCUT2D eigenvalue weighted by Gasteiger charge is 2.24. The number of likely N-dealkylation sites (tertiary alicyclic amines) is 1. The molecule has 1 heterocycles. The molecule has 1 aromatic carbocycles. The third-order valence-corrected chi connectivity index (χ3v) is 4.45. The second-order valence-corrected chi connectivity index (χ2v) is 6.22. The van der Waals surface area contributed by atoms with Gasteiger partial charge in [0.15, 0.2) is 0 Å². The molecule has 2 rings (SSSR count). The van der Waals surface area contributed by atoms with Crippen molar-refractivity contribution >= 4 is 17.9 Å². The van der Waals surface area contributed by atoms with E-state index >= 15 is 0 Å². The molecule has 7 heteroatoms. The lowest BCUT2D eigenvalue weighted by Gasteiger charge is -2.30. The molecule has 0 aromatic heterocycles. The zero-order valence-corrected chi connectivity index (χ0v) is 14.7. The van der Waals surface area contributed by atoms with Crippen LogP contribution in [0.25, 0.3) is 0 Å². The third-order valence-electron chi connectivity index (χ3n) is 4.45. The van der Waals surface area contributed by atoms with Gasteiger partial charge in [-0.3, -0.25) is 9.59 Å². The molecule has 3 amide bonds. The maximum absolute atomic E-state index is 12.0. The fourth-order valence-corrected chi connectivity index (χ4v) is 2.85. The Bertz CT molecular complexity index is 598. The Balaban J connectivity index is 1.71. The van der Waals surface area contributed by atoms with Gasteiger partial charge < -0.3 is 20.3 Å². The van der Waals surface area contributed by atoms with Crippen molar-refractivity contribution in [1.29, 1.82) is 0 Å². The van der Waals surface area contributed by atoms with Gasteiger partial charge in [-0.05, 0) is 31.2 Å². The van der Waals surface area contributed by atoms with Gasteiger partial charge in [-0.1, -0.05) is 30.3 Å². The number of amides is 3. The zero-order valence-electron chi connectivity index (χ0n) is 14.7. The van der Waals surface area contributed by atoms with Crippen molar-refractivity contribution in [2.45, 2.75) is 25.8 Å². The maximum Gasteiger partial charge on any atom is 0.409 e. The van der Waals surface area contributed by atoms with Crippen molar-refractivity contribution in [2.24, 2.45) is 5.92 Å². The first-order valence-electron chi connectivity index (χ1n) is 8.47. The molecule has 7 nitrogen and oxygen atoms in total. The summed E-state index contributed by atoms with van der Waals surface area (Å²) in [6.07, 6.45) is 1.23. The number of methoxy groups -OCH3 is 1. The van der Waals surface area contributed by atoms with E-state index in [0.29, 0.717) is 19.6 Å². The lowest BCUT2D eigenvalue weighted by atomic mass is 9.97. The minimum absolute atomic E-state index is 0.234. The topological polar surface area (TPSA) is 87.7 Å². The van der Waals surface area contributed by atoms with E-state index in [4.69, 9.17) is 4.74 Å². The van der Waals surface area contributed by atoms with E-state index in [2.05, 4.69) is 10.6 Å². The number of hydrogen-bond donors (Lipinski definition) is 2. The zero-order chi connectivity index (χ0) is 18.2. The molecule has 136 valence electrons. The van der Waals surface area contributed by atoms with Crippen LogP contribution in [-0.4, -0.2) is 49.6 Å². The summed E-state index contributed by atoms with van der Waals surface area (Å²) < 4.78 is 4.69. The van der Waals surface area contributed by atoms with Gasteiger partial charge in [-0.15, -0.1) is 0 Å². The number of nitrogens with one attached hydrogen (secondary N) is 2. The van der Waals surface area contributed by atoms with E-state index in [9.17, 15) is 14.4 Å². The Morgan fingerprint density at radius 3 is 2.40 bits per heavy atom. The van der Waals surface area contributed by atoms with Crippen molar-refractivity contribution in [3.05, 3.63) is 35.9 Å². The van der Waals surface area contributed by atoms with Crippen LogP contribution in [0.15, 0.2) is 30.3 Å². The summed E-state index contributed by atoms with van der Waals surface area (Å²) in [4.78, 5) is 37.0. The second-order valence-electron chi connectivity index (χ2n) is 6.22. The largest absolute Gasteiger partial charge is 0.453 e. The highest BCUT2D eigenvalue weighted by Crippen LogP contribution is 2.17. The maximum atomic E-state index is 12.0. The van der Waals surface area contributed by atoms with E-state index < -0.39 is 11.8 Å². The predicted octanol–water partition coefficient (Wildman–Crippen LogP) is 1.46. The van der Waals surface area contributed by atoms with Gasteiger partial charge >= 0.3 is 17.9 Å². The molecule has 2 N–H and O–H groups in total. The standard InChI is InChI=1S/C18H25N3O4/c1-13(15-6-4-3-5-7-15)20-17(23)16(22)19-12-14-8-10-21(11-9-14)18(24)25-2/h3-7,13-14H,8-12H2,1-2H3,(H,19,22)(H,20,23)/t13-/m0/s1. The van der Waals surface area contributed by atoms with Crippen molar-refractivity contribution in [3.63, 3.8) is 0 Å². The molecular formula is C18H25N3O4. The van der Waals surface area contributed by atoms with Crippen LogP contribution in [-0.2, 0) is 14.3 Å². The number of hydrogen-bond acceptors (Lipinski definition) is 4. The van der Waals surface area contributed by atoms with Gasteiger partial charge in [0.1, 0.15) is 0 Å². The molecule has 0 unspecified atom stereocenters. The molecule has 1 aliphatic rings. The van der Waals surface area contributed by atoms with Gasteiger partial charge in [-0.25, -0.2) is 4.79 Å². The average Bonchev–Trinajstić information content (AvgIpc) is 2.66. The summed E-state index contributed by atoms with van der Waals surface area (Å²) in [5.41, 5.74) is 0.943. The summed E-state index contributed by atoms with van der Waals surface area (Å²) >= 11 is 0. The highest BCUT2D eigenvalue weighted by molar-refractivity contribution is 6.35. The first-order chi connectivity index (χ1) is 12.0. The molecule has 0 radical (unpaired) electrons. The lowest BCUT2D eigenvalue weighted by Crippen LogP contribution is -2.45. The number of ether oxygens (including phenoxy) is 1. The van der Waals surface area contributed by atoms with E-state index in [1.807, 2.05) is 37.3 Å². The van der Waals surface area contributed by atoms with Crippen LogP contribution in [0.2, 0.25) is 0 Å². The lowest BCUT2D eigenvalue weighted by molar-refractivity contribution is -0.139. The van der Waals surface area contributed by atoms with Crippen LogP contribution in [0.5, 0.6) is 0 Å². The molecule has 0 aliphatic carbocycles. The number of carbonyl (C=O) groups excluding carboxylic acids is 3. The first kappa shape index (κ1) is 18.8. The molecule has 25 heavy (non-hydrogen) atoms. The van der Waals surface area contributed by atoms with Crippen LogP contribution in [0.1, 0.15) is 31.4 Å². The van der Waals surface area contributed by atoms with Gasteiger partial charge in [0, 0.05) is 19.6 Å². The van der Waals surface area contributed by atoms with Gasteiger partial charge in [-0.2, -0.15) is 0 Å². The number of piperidine rings is 1. The second kappa shape index (κ2) is 9.05. The molecule has 1 saturated heterocycles. The fourth-order valence-electron chi connectivity index (χ4n) is 2.85. The van der Waals surface area contributed by atoms with Crippen LogP contribution < -0.4 is 10.6 Å². The van der Waals surface area contributed by atoms with Crippen molar-refractivity contribution in [2.75, 3.05) is 26.7 Å². The van der Waals surface area contributed by atoms with Crippen molar-refractivity contribution in [3.8, 4) is 0 Å². The summed E-state index contributed by atoms with van der Waals surface area (Å²) in [5.74, 6) is -1.01. The molecule has 0 spiro atoms. The molecule has 0 saturated carbocycles. The monoisotopic (exact) mass is 347 g/mol. The Labute approximate surface area is 147 Å². The Kier molecular flexibility index (Phi) is 6.80. The van der Waals surface area contributed by atoms with Crippen LogP contribution in [0.3, 0.4) is 0 Å². The van der Waals surface area contributed by atoms with Crippen LogP contribution >= 0.6 is 0 Å². The summed E-state index contributed by atoms with van der Waals surface area (Å²) in [6.45, 7) is 3.47. The van der Waals surface area contributed by atoms with Crippen LogP contribution in [0, 0.1) is 5.92 Å². The van der Waals surface area contributed by atoms with E-state index in [-0.39, 0.29) is 18.1 Å². The van der Waals surface area contributed by atoms with Crippen molar-refractivity contribution in [1.82, 2.24) is 15.5 Å². The van der Waals surface area contributed by atoms with Crippen molar-refractivity contribution < 1.29 is 19.1 Å². The Morgan fingerprint density at radius 1 is 1.16 bits per heavy atom. The number of rotatable bonds is 4. The molecule has 1 aliphatic heterocycles. The quantitative estimate of drug-likeness (QED) is 0.807. The number of nitrogens with zero attached hydrogens (tertiary/aromatic N) is 1. The first-order valence-corrected chi connectivity index (χ1v) is 8.47. The fraction of sp³-hybridized carbons (Fsp3) is 0.500. The highest BCUT2D eigenvalue weighted by atomic mass is 16.5. The molecule has 1 fully saturated rings. The molecule has 1 aromatic rings. The Hall–Kier alpha value is -2.57. The van der Waals surface area contributed by atoms with E-state index in [1.165, 1.54) is 7.11 Å². The molecule has 1 atom stereocenters. The minimum Gasteiger partial charge on any atom is -0.453 e. The summed E-state index contributed by atoms with van der Waals surface area (Å²) in [6, 6.07) is 9.24. The van der Waals surface area contributed by atoms with E-state index in [0.717, 1.165) is 18.4 Å². The normalized spacial score (nSPS) is 16.0.